The second kappa shape index (κ2) is 11.8. The van der Waals surface area contributed by atoms with Crippen LogP contribution in [0.3, 0.4) is 0 Å². The Hall–Kier alpha value is -4.52. The first-order chi connectivity index (χ1) is 20.4. The summed E-state index contributed by atoms with van der Waals surface area (Å²) in [5.41, 5.74) is 5.03. The number of hydrogen-bond donors (Lipinski definition) is 0. The zero-order valence-corrected chi connectivity index (χ0v) is 24.0. The van der Waals surface area contributed by atoms with Gasteiger partial charge in [0.2, 0.25) is 5.91 Å². The van der Waals surface area contributed by atoms with E-state index in [2.05, 4.69) is 11.9 Å². The van der Waals surface area contributed by atoms with E-state index in [9.17, 15) is 14.0 Å². The molecule has 0 unspecified atom stereocenters. The third-order valence-corrected chi connectivity index (χ3v) is 8.68. The molecule has 0 radical (unpaired) electrons. The Labute approximate surface area is 245 Å². The fraction of sp³-hybridized carbons (Fsp3) is 0.286. The molecule has 1 fully saturated rings. The van der Waals surface area contributed by atoms with E-state index in [1.165, 1.54) is 18.6 Å². The molecule has 0 saturated heterocycles. The van der Waals surface area contributed by atoms with E-state index in [1.807, 2.05) is 66.6 Å². The molecule has 0 N–H and O–H groups in total. The standard InChI is InChI=1S/C35H35FN4O2/c1-24-30(26-11-5-3-6-12-26)20-33-32(21-31(24)34(41)38(2)28-13-7-4-8-14-28)39(23-25-10-9-19-37-22-25)35(42)40(33)29-17-15-27(36)16-18-29/h3,5-6,9-12,15-22,24,28H,4,7-8,13-14,23H2,1-2H3/t24-/m1/s1. The summed E-state index contributed by atoms with van der Waals surface area (Å²) in [6.07, 6.45) is 12.8. The molecule has 1 amide bonds. The SMILES string of the molecule is C[C@H]1C(C(=O)N(C)C2CCCCC2)=Cc2c(n(-c3ccc(F)cc3)c(=O)n2Cc2cccnc2)C=C1c1ccccc1. The number of carbonyl (C=O) groups excluding carboxylic acids is 1. The zero-order valence-electron chi connectivity index (χ0n) is 24.0. The number of nitrogens with zero attached hydrogens (tertiary/aromatic N) is 4. The Morgan fingerprint density at radius 3 is 2.38 bits per heavy atom. The van der Waals surface area contributed by atoms with Crippen molar-refractivity contribution in [3.8, 4) is 5.69 Å². The maximum atomic E-state index is 14.3. The van der Waals surface area contributed by atoms with Gasteiger partial charge in [0.25, 0.3) is 0 Å². The molecule has 0 bridgehead atoms. The molecule has 6 nitrogen and oxygen atoms in total. The first kappa shape index (κ1) is 27.6. The van der Waals surface area contributed by atoms with Crippen molar-refractivity contribution in [3.05, 3.63) is 124 Å². The van der Waals surface area contributed by atoms with Crippen LogP contribution in [-0.2, 0) is 11.3 Å². The van der Waals surface area contributed by atoms with Crippen molar-refractivity contribution in [3.63, 3.8) is 0 Å². The predicted molar refractivity (Wildman–Crippen MR) is 164 cm³/mol. The van der Waals surface area contributed by atoms with Crippen LogP contribution in [-0.4, -0.2) is 38.0 Å². The maximum absolute atomic E-state index is 14.3. The molecule has 1 atom stereocenters. The maximum Gasteiger partial charge on any atom is 0.334 e. The summed E-state index contributed by atoms with van der Waals surface area (Å²) in [5.74, 6) is -0.624. The summed E-state index contributed by atoms with van der Waals surface area (Å²) < 4.78 is 17.3. The molecular weight excluding hydrogens is 527 g/mol. The van der Waals surface area contributed by atoms with E-state index < -0.39 is 0 Å². The molecule has 1 saturated carbocycles. The average Bonchev–Trinajstić information content (AvgIpc) is 3.18. The fourth-order valence-corrected chi connectivity index (χ4v) is 6.30. The lowest BCUT2D eigenvalue weighted by Gasteiger charge is -2.33. The summed E-state index contributed by atoms with van der Waals surface area (Å²) in [5, 5.41) is 0. The van der Waals surface area contributed by atoms with Crippen LogP contribution in [0.15, 0.2) is 89.5 Å². The Morgan fingerprint density at radius 1 is 0.952 bits per heavy atom. The van der Waals surface area contributed by atoms with Crippen LogP contribution in [0.1, 0.15) is 61.5 Å². The van der Waals surface area contributed by atoms with Crippen LogP contribution < -0.4 is 5.69 Å². The van der Waals surface area contributed by atoms with Gasteiger partial charge >= 0.3 is 5.69 Å². The number of fused-ring (bicyclic) bond motifs is 1. The Kier molecular flexibility index (Phi) is 7.74. The Balaban J connectivity index is 1.59. The van der Waals surface area contributed by atoms with Crippen molar-refractivity contribution >= 4 is 23.6 Å². The monoisotopic (exact) mass is 562 g/mol. The molecule has 4 aromatic rings. The van der Waals surface area contributed by atoms with Gasteiger partial charge in [0, 0.05) is 37.0 Å². The number of halogens is 1. The summed E-state index contributed by atoms with van der Waals surface area (Å²) in [6, 6.07) is 19.9. The van der Waals surface area contributed by atoms with Crippen molar-refractivity contribution in [2.75, 3.05) is 7.05 Å². The minimum absolute atomic E-state index is 0.0148. The van der Waals surface area contributed by atoms with Gasteiger partial charge < -0.3 is 4.90 Å². The van der Waals surface area contributed by atoms with Gasteiger partial charge in [-0.15, -0.1) is 0 Å². The van der Waals surface area contributed by atoms with Crippen LogP contribution in [0.5, 0.6) is 0 Å². The number of pyridine rings is 1. The fourth-order valence-electron chi connectivity index (χ4n) is 6.30. The third-order valence-electron chi connectivity index (χ3n) is 8.68. The minimum Gasteiger partial charge on any atom is -0.339 e. The number of benzene rings is 2. The quantitative estimate of drug-likeness (QED) is 0.267. The molecule has 214 valence electrons. The largest absolute Gasteiger partial charge is 0.339 e. The highest BCUT2D eigenvalue weighted by Gasteiger charge is 2.32. The highest BCUT2D eigenvalue weighted by atomic mass is 19.1. The minimum atomic E-state index is -0.375. The molecule has 0 aliphatic heterocycles. The van der Waals surface area contributed by atoms with Gasteiger partial charge in [-0.05, 0) is 72.0 Å². The molecule has 7 heteroatoms. The average molecular weight is 563 g/mol. The van der Waals surface area contributed by atoms with Crippen LogP contribution in [0.2, 0.25) is 0 Å². The summed E-state index contributed by atoms with van der Waals surface area (Å²) >= 11 is 0. The predicted octanol–water partition coefficient (Wildman–Crippen LogP) is 6.59. The number of aromatic nitrogens is 3. The molecule has 6 rings (SSSR count). The van der Waals surface area contributed by atoms with Crippen molar-refractivity contribution in [1.82, 2.24) is 19.0 Å². The zero-order chi connectivity index (χ0) is 29.2. The summed E-state index contributed by atoms with van der Waals surface area (Å²) in [6.45, 7) is 2.34. The molecule has 2 heterocycles. The molecule has 2 aromatic carbocycles. The van der Waals surface area contributed by atoms with Crippen LogP contribution in [0, 0.1) is 11.7 Å². The second-order valence-electron chi connectivity index (χ2n) is 11.3. The number of amides is 1. The topological polar surface area (TPSA) is 60.1 Å². The number of imidazole rings is 1. The van der Waals surface area contributed by atoms with E-state index in [0.717, 1.165) is 42.4 Å². The van der Waals surface area contributed by atoms with Gasteiger partial charge in [0.1, 0.15) is 5.82 Å². The molecular formula is C35H35FN4O2. The van der Waals surface area contributed by atoms with E-state index in [-0.39, 0.29) is 35.9 Å². The Bertz CT molecular complexity index is 1700. The van der Waals surface area contributed by atoms with Crippen molar-refractivity contribution in [2.45, 2.75) is 51.6 Å². The third kappa shape index (κ3) is 5.27. The number of likely N-dealkylation sites (N-methyl/N-ethyl adjacent to an activating group) is 1. The molecule has 42 heavy (non-hydrogen) atoms. The van der Waals surface area contributed by atoms with Gasteiger partial charge in [-0.3, -0.25) is 18.9 Å². The van der Waals surface area contributed by atoms with E-state index >= 15 is 0 Å². The highest BCUT2D eigenvalue weighted by molar-refractivity contribution is 6.04. The van der Waals surface area contributed by atoms with Gasteiger partial charge in [-0.25, -0.2) is 9.18 Å². The first-order valence-electron chi connectivity index (χ1n) is 14.7. The van der Waals surface area contributed by atoms with E-state index in [0.29, 0.717) is 22.6 Å². The van der Waals surface area contributed by atoms with Gasteiger partial charge in [-0.2, -0.15) is 0 Å². The normalized spacial score (nSPS) is 17.2. The lowest BCUT2D eigenvalue weighted by molar-refractivity contribution is -0.128. The number of hydrogen-bond acceptors (Lipinski definition) is 3. The lowest BCUT2D eigenvalue weighted by atomic mass is 9.86. The van der Waals surface area contributed by atoms with Crippen molar-refractivity contribution in [2.24, 2.45) is 5.92 Å². The summed E-state index contributed by atoms with van der Waals surface area (Å²) in [7, 11) is 1.91. The van der Waals surface area contributed by atoms with Gasteiger partial charge in [-0.1, -0.05) is 62.6 Å². The number of carbonyl (C=O) groups is 1. The van der Waals surface area contributed by atoms with Gasteiger partial charge in [0.15, 0.2) is 0 Å². The number of rotatable bonds is 6. The Morgan fingerprint density at radius 2 is 1.69 bits per heavy atom. The molecule has 2 aliphatic rings. The smallest absolute Gasteiger partial charge is 0.334 e. The van der Waals surface area contributed by atoms with Crippen LogP contribution in [0.25, 0.3) is 23.4 Å². The van der Waals surface area contributed by atoms with Crippen LogP contribution in [0.4, 0.5) is 4.39 Å². The molecule has 2 aromatic heterocycles. The van der Waals surface area contributed by atoms with Crippen molar-refractivity contribution < 1.29 is 9.18 Å². The van der Waals surface area contributed by atoms with Crippen molar-refractivity contribution in [1.29, 1.82) is 0 Å². The van der Waals surface area contributed by atoms with E-state index in [1.54, 1.807) is 33.7 Å². The second-order valence-corrected chi connectivity index (χ2v) is 11.3. The van der Waals surface area contributed by atoms with Crippen LogP contribution >= 0.6 is 0 Å². The first-order valence-corrected chi connectivity index (χ1v) is 14.7. The van der Waals surface area contributed by atoms with Gasteiger partial charge in [0.05, 0.1) is 23.6 Å². The summed E-state index contributed by atoms with van der Waals surface area (Å²) in [4.78, 5) is 34.7. The lowest BCUT2D eigenvalue weighted by Crippen LogP contribution is -2.40. The van der Waals surface area contributed by atoms with E-state index in [4.69, 9.17) is 0 Å². The molecule has 2 aliphatic carbocycles. The molecule has 0 spiro atoms. The highest BCUT2D eigenvalue weighted by Crippen LogP contribution is 2.38. The number of allylic oxidation sites excluding steroid dienone is 1.